The molecule has 12 heavy (non-hydrogen) atoms. The topological polar surface area (TPSA) is 49.4 Å². The Hall–Kier alpha value is -0.130. The second-order valence-corrected chi connectivity index (χ2v) is 5.29. The van der Waals surface area contributed by atoms with Gasteiger partial charge in [0, 0.05) is 25.7 Å². The fourth-order valence-corrected chi connectivity index (χ4v) is 2.18. The largest absolute Gasteiger partial charge is 0.313 e. The minimum atomic E-state index is -2.98. The lowest BCUT2D eigenvalue weighted by Crippen LogP contribution is -2.33. The van der Waals surface area contributed by atoms with Crippen LogP contribution in [0.3, 0.4) is 0 Å². The maximum Gasteiger partial charge on any atom is 0.211 e. The summed E-state index contributed by atoms with van der Waals surface area (Å²) in [6.45, 7) is 4.08. The molecule has 0 aromatic heterocycles. The summed E-state index contributed by atoms with van der Waals surface area (Å²) in [5.74, 6) is 0. The molecule has 0 unspecified atom stereocenters. The van der Waals surface area contributed by atoms with Crippen molar-refractivity contribution >= 4 is 10.0 Å². The highest BCUT2D eigenvalue weighted by molar-refractivity contribution is 7.88. The van der Waals surface area contributed by atoms with Crippen molar-refractivity contribution in [2.24, 2.45) is 0 Å². The molecule has 1 rings (SSSR count). The molecule has 0 aromatic rings. The van der Waals surface area contributed by atoms with E-state index in [0.29, 0.717) is 19.1 Å². The third kappa shape index (κ3) is 2.73. The van der Waals surface area contributed by atoms with E-state index < -0.39 is 10.0 Å². The van der Waals surface area contributed by atoms with Gasteiger partial charge in [-0.2, -0.15) is 0 Å². The SMILES string of the molecule is C[C@@H]1CCN(S(C)(=O)=O)CCN1. The van der Waals surface area contributed by atoms with Crippen LogP contribution in [0.25, 0.3) is 0 Å². The second kappa shape index (κ2) is 3.72. The highest BCUT2D eigenvalue weighted by atomic mass is 32.2. The fourth-order valence-electron chi connectivity index (χ4n) is 1.32. The van der Waals surface area contributed by atoms with E-state index in [0.717, 1.165) is 13.0 Å². The molecule has 0 aromatic carbocycles. The van der Waals surface area contributed by atoms with E-state index in [-0.39, 0.29) is 0 Å². The molecule has 0 aliphatic carbocycles. The van der Waals surface area contributed by atoms with Gasteiger partial charge in [0.2, 0.25) is 10.0 Å². The van der Waals surface area contributed by atoms with E-state index in [4.69, 9.17) is 0 Å². The highest BCUT2D eigenvalue weighted by Crippen LogP contribution is 2.04. The van der Waals surface area contributed by atoms with Crippen LogP contribution in [0.15, 0.2) is 0 Å². The molecule has 1 N–H and O–H groups in total. The highest BCUT2D eigenvalue weighted by Gasteiger charge is 2.19. The van der Waals surface area contributed by atoms with E-state index in [2.05, 4.69) is 12.2 Å². The van der Waals surface area contributed by atoms with Crippen molar-refractivity contribution in [1.29, 1.82) is 0 Å². The number of hydrogen-bond acceptors (Lipinski definition) is 3. The monoisotopic (exact) mass is 192 g/mol. The molecular formula is C7H16N2O2S. The van der Waals surface area contributed by atoms with Crippen molar-refractivity contribution in [1.82, 2.24) is 9.62 Å². The first-order valence-corrected chi connectivity index (χ1v) is 6.03. The first-order chi connectivity index (χ1) is 5.50. The summed E-state index contributed by atoms with van der Waals surface area (Å²) >= 11 is 0. The Kier molecular flexibility index (Phi) is 3.09. The van der Waals surface area contributed by atoms with Gasteiger partial charge in [-0.25, -0.2) is 12.7 Å². The minimum absolute atomic E-state index is 0.428. The lowest BCUT2D eigenvalue weighted by molar-refractivity contribution is 0.433. The average Bonchev–Trinajstić information content (AvgIpc) is 2.11. The second-order valence-electron chi connectivity index (χ2n) is 3.31. The third-order valence-electron chi connectivity index (χ3n) is 2.13. The van der Waals surface area contributed by atoms with E-state index in [1.165, 1.54) is 10.6 Å². The predicted octanol–water partition coefficient (Wildman–Crippen LogP) is -0.370. The maximum absolute atomic E-state index is 11.1. The van der Waals surface area contributed by atoms with E-state index >= 15 is 0 Å². The molecule has 1 atom stereocenters. The molecule has 1 aliphatic rings. The Balaban J connectivity index is 2.58. The summed E-state index contributed by atoms with van der Waals surface area (Å²) in [5, 5.41) is 3.24. The molecule has 4 nitrogen and oxygen atoms in total. The number of nitrogens with one attached hydrogen (secondary N) is 1. The Bertz CT molecular complexity index is 238. The molecule has 0 bridgehead atoms. The molecule has 1 fully saturated rings. The summed E-state index contributed by atoms with van der Waals surface area (Å²) < 4.78 is 23.8. The number of nitrogens with zero attached hydrogens (tertiary/aromatic N) is 1. The molecule has 0 saturated carbocycles. The summed E-state index contributed by atoms with van der Waals surface area (Å²) in [5.41, 5.74) is 0. The maximum atomic E-state index is 11.1. The Morgan fingerprint density at radius 1 is 1.42 bits per heavy atom. The normalized spacial score (nSPS) is 28.3. The predicted molar refractivity (Wildman–Crippen MR) is 48.5 cm³/mol. The van der Waals surface area contributed by atoms with Crippen molar-refractivity contribution in [2.75, 3.05) is 25.9 Å². The van der Waals surface area contributed by atoms with Gasteiger partial charge >= 0.3 is 0 Å². The first kappa shape index (κ1) is 9.95. The van der Waals surface area contributed by atoms with Gasteiger partial charge in [0.15, 0.2) is 0 Å². The van der Waals surface area contributed by atoms with E-state index in [1.807, 2.05) is 0 Å². The molecule has 0 amide bonds. The van der Waals surface area contributed by atoms with Crippen LogP contribution in [0.4, 0.5) is 0 Å². The van der Waals surface area contributed by atoms with Gasteiger partial charge < -0.3 is 5.32 Å². The Morgan fingerprint density at radius 2 is 2.08 bits per heavy atom. The molecule has 1 aliphatic heterocycles. The molecule has 1 saturated heterocycles. The van der Waals surface area contributed by atoms with Crippen LogP contribution in [0.1, 0.15) is 13.3 Å². The summed E-state index contributed by atoms with van der Waals surface area (Å²) in [4.78, 5) is 0. The van der Waals surface area contributed by atoms with Gasteiger partial charge in [0.05, 0.1) is 6.26 Å². The zero-order chi connectivity index (χ0) is 9.19. The summed E-state index contributed by atoms with van der Waals surface area (Å²) in [7, 11) is -2.98. The van der Waals surface area contributed by atoms with Crippen LogP contribution in [0, 0.1) is 0 Å². The van der Waals surface area contributed by atoms with Gasteiger partial charge in [0.1, 0.15) is 0 Å². The molecule has 1 heterocycles. The van der Waals surface area contributed by atoms with Crippen molar-refractivity contribution in [2.45, 2.75) is 19.4 Å². The van der Waals surface area contributed by atoms with Crippen molar-refractivity contribution < 1.29 is 8.42 Å². The van der Waals surface area contributed by atoms with Crippen LogP contribution in [0.5, 0.6) is 0 Å². The van der Waals surface area contributed by atoms with Crippen molar-refractivity contribution in [3.63, 3.8) is 0 Å². The van der Waals surface area contributed by atoms with Crippen LogP contribution in [-0.2, 0) is 10.0 Å². The van der Waals surface area contributed by atoms with Gasteiger partial charge in [-0.3, -0.25) is 0 Å². The smallest absolute Gasteiger partial charge is 0.211 e. The third-order valence-corrected chi connectivity index (χ3v) is 3.44. The Labute approximate surface area is 74.0 Å². The zero-order valence-corrected chi connectivity index (χ0v) is 8.39. The quantitative estimate of drug-likeness (QED) is 0.616. The number of sulfonamides is 1. The molecule has 72 valence electrons. The lowest BCUT2D eigenvalue weighted by atomic mass is 10.2. The van der Waals surface area contributed by atoms with Crippen molar-refractivity contribution in [3.8, 4) is 0 Å². The Morgan fingerprint density at radius 3 is 2.67 bits per heavy atom. The fraction of sp³-hybridized carbons (Fsp3) is 1.00. The van der Waals surface area contributed by atoms with Crippen LogP contribution < -0.4 is 5.32 Å². The van der Waals surface area contributed by atoms with Crippen LogP contribution in [0.2, 0.25) is 0 Å². The van der Waals surface area contributed by atoms with Gasteiger partial charge in [-0.1, -0.05) is 0 Å². The van der Waals surface area contributed by atoms with E-state index in [1.54, 1.807) is 0 Å². The standard InChI is InChI=1S/C7H16N2O2S/c1-7-3-5-9(6-4-8-7)12(2,10)11/h7-8H,3-6H2,1-2H3/t7-/m1/s1. The first-order valence-electron chi connectivity index (χ1n) is 4.18. The molecule has 0 radical (unpaired) electrons. The van der Waals surface area contributed by atoms with E-state index in [9.17, 15) is 8.42 Å². The summed E-state index contributed by atoms with van der Waals surface area (Å²) in [6, 6.07) is 0.428. The van der Waals surface area contributed by atoms with Gasteiger partial charge in [0.25, 0.3) is 0 Å². The average molecular weight is 192 g/mol. The molecule has 5 heteroatoms. The zero-order valence-electron chi connectivity index (χ0n) is 7.58. The van der Waals surface area contributed by atoms with Crippen molar-refractivity contribution in [3.05, 3.63) is 0 Å². The number of rotatable bonds is 1. The van der Waals surface area contributed by atoms with Crippen LogP contribution in [-0.4, -0.2) is 44.7 Å². The molecule has 0 spiro atoms. The lowest BCUT2D eigenvalue weighted by Gasteiger charge is -2.15. The summed E-state index contributed by atoms with van der Waals surface area (Å²) in [6.07, 6.45) is 2.16. The minimum Gasteiger partial charge on any atom is -0.313 e. The number of hydrogen-bond donors (Lipinski definition) is 1. The van der Waals surface area contributed by atoms with Gasteiger partial charge in [-0.15, -0.1) is 0 Å². The van der Waals surface area contributed by atoms with Crippen LogP contribution >= 0.6 is 0 Å². The molecular weight excluding hydrogens is 176 g/mol. The van der Waals surface area contributed by atoms with Gasteiger partial charge in [-0.05, 0) is 13.3 Å².